The molecule has 5 rings (SSSR count). The van der Waals surface area contributed by atoms with Crippen molar-refractivity contribution >= 4 is 34.5 Å². The van der Waals surface area contributed by atoms with E-state index in [1.54, 1.807) is 39.2 Å². The molecule has 1 amide bonds. The maximum Gasteiger partial charge on any atom is 0.413 e. The summed E-state index contributed by atoms with van der Waals surface area (Å²) in [6.45, 7) is 9.80. The van der Waals surface area contributed by atoms with Crippen LogP contribution in [-0.2, 0) is 23.1 Å². The molecule has 4 aromatic heterocycles. The Morgan fingerprint density at radius 2 is 1.90 bits per heavy atom. The minimum Gasteiger partial charge on any atom is -0.465 e. The second kappa shape index (κ2) is 11.7. The normalized spacial score (nSPS) is 14.0. The third-order valence-corrected chi connectivity index (χ3v) is 7.08. The number of carbonyl (C=O) groups excluding carboxylic acids is 2. The predicted molar refractivity (Wildman–Crippen MR) is 160 cm³/mol. The largest absolute Gasteiger partial charge is 0.465 e. The number of anilines is 1. The molecule has 11 nitrogen and oxygen atoms in total. The van der Waals surface area contributed by atoms with E-state index in [9.17, 15) is 9.59 Å². The van der Waals surface area contributed by atoms with E-state index in [2.05, 4.69) is 47.1 Å². The molecular formula is C31H35N7O4. The summed E-state index contributed by atoms with van der Waals surface area (Å²) in [5, 5.41) is 12.1. The Balaban J connectivity index is 1.30. The molecule has 0 atom stereocenters. The molecule has 1 aliphatic rings. The van der Waals surface area contributed by atoms with Crippen molar-refractivity contribution in [2.24, 2.45) is 7.05 Å². The summed E-state index contributed by atoms with van der Waals surface area (Å²) in [7, 11) is 3.39. The van der Waals surface area contributed by atoms with Gasteiger partial charge < -0.3 is 14.0 Å². The molecule has 0 fully saturated rings. The van der Waals surface area contributed by atoms with Crippen LogP contribution in [0, 0.1) is 6.92 Å². The molecule has 5 heterocycles. The minimum atomic E-state index is -0.604. The van der Waals surface area contributed by atoms with Crippen LogP contribution in [0.25, 0.3) is 27.9 Å². The highest BCUT2D eigenvalue weighted by Crippen LogP contribution is 2.30. The van der Waals surface area contributed by atoms with Crippen LogP contribution in [-0.4, -0.2) is 67.5 Å². The zero-order valence-corrected chi connectivity index (χ0v) is 24.8. The van der Waals surface area contributed by atoms with E-state index in [1.165, 1.54) is 12.7 Å². The van der Waals surface area contributed by atoms with Gasteiger partial charge in [0.25, 0.3) is 0 Å². The molecule has 0 spiro atoms. The summed E-state index contributed by atoms with van der Waals surface area (Å²) >= 11 is 0. The van der Waals surface area contributed by atoms with Gasteiger partial charge in [0.2, 0.25) is 0 Å². The fraction of sp³-hybridized carbons (Fsp3) is 0.355. The van der Waals surface area contributed by atoms with Crippen LogP contribution in [0.1, 0.15) is 54.5 Å². The Kier molecular flexibility index (Phi) is 8.04. The van der Waals surface area contributed by atoms with E-state index in [4.69, 9.17) is 9.47 Å². The van der Waals surface area contributed by atoms with Crippen molar-refractivity contribution in [3.8, 4) is 11.3 Å². The number of fused-ring (bicyclic) bond motifs is 1. The molecule has 1 N–H and O–H groups in total. The molecule has 1 aliphatic heterocycles. The lowest BCUT2D eigenvalue weighted by Crippen LogP contribution is -2.29. The molecule has 0 saturated heterocycles. The lowest BCUT2D eigenvalue weighted by Gasteiger charge is -2.26. The average Bonchev–Trinajstić information content (AvgIpc) is 3.27. The number of amides is 1. The van der Waals surface area contributed by atoms with Gasteiger partial charge in [-0.1, -0.05) is 6.08 Å². The number of nitrogens with zero attached hydrogens (tertiary/aromatic N) is 6. The summed E-state index contributed by atoms with van der Waals surface area (Å²) < 4.78 is 12.2. The number of methoxy groups -OCH3 is 1. The van der Waals surface area contributed by atoms with Crippen LogP contribution in [0.3, 0.4) is 0 Å². The van der Waals surface area contributed by atoms with Crippen LogP contribution in [0.4, 0.5) is 10.6 Å². The Morgan fingerprint density at radius 3 is 2.55 bits per heavy atom. The molecule has 218 valence electrons. The number of pyridine rings is 2. The van der Waals surface area contributed by atoms with Gasteiger partial charge in [-0.25, -0.2) is 14.6 Å². The molecule has 11 heteroatoms. The Bertz CT molecular complexity index is 1670. The van der Waals surface area contributed by atoms with E-state index < -0.39 is 11.7 Å². The average molecular weight is 570 g/mol. The quantitative estimate of drug-likeness (QED) is 0.314. The Labute approximate surface area is 244 Å². The van der Waals surface area contributed by atoms with Crippen LogP contribution in [0.5, 0.6) is 0 Å². The minimum absolute atomic E-state index is 0.314. The van der Waals surface area contributed by atoms with Crippen LogP contribution in [0.15, 0.2) is 48.8 Å². The SMILES string of the molecule is COC(=O)c1cnc(C2=CCN(Cc3cc4c(-c5ccc(NC(=O)OC(C)(C)C)nn5)ccnc4n3C)CC2)c(C)c1. The first-order valence-corrected chi connectivity index (χ1v) is 13.8. The van der Waals surface area contributed by atoms with E-state index in [0.29, 0.717) is 17.1 Å². The third-order valence-electron chi connectivity index (χ3n) is 7.08. The smallest absolute Gasteiger partial charge is 0.413 e. The van der Waals surface area contributed by atoms with Crippen molar-refractivity contribution in [1.82, 2.24) is 29.6 Å². The van der Waals surface area contributed by atoms with Gasteiger partial charge in [-0.2, -0.15) is 0 Å². The highest BCUT2D eigenvalue weighted by Gasteiger charge is 2.20. The molecule has 0 aliphatic carbocycles. The number of aryl methyl sites for hydroxylation is 2. The number of esters is 1. The highest BCUT2D eigenvalue weighted by atomic mass is 16.6. The number of rotatable bonds is 6. The maximum atomic E-state index is 12.1. The number of nitrogens with one attached hydrogen (secondary N) is 1. The molecule has 0 saturated carbocycles. The van der Waals surface area contributed by atoms with E-state index in [-0.39, 0.29) is 5.97 Å². The highest BCUT2D eigenvalue weighted by molar-refractivity contribution is 5.93. The fourth-order valence-electron chi connectivity index (χ4n) is 5.04. The van der Waals surface area contributed by atoms with Crippen LogP contribution in [0.2, 0.25) is 0 Å². The zero-order valence-electron chi connectivity index (χ0n) is 24.8. The van der Waals surface area contributed by atoms with E-state index >= 15 is 0 Å². The topological polar surface area (TPSA) is 124 Å². The monoisotopic (exact) mass is 569 g/mol. The van der Waals surface area contributed by atoms with Crippen molar-refractivity contribution < 1.29 is 19.1 Å². The number of aromatic nitrogens is 5. The number of hydrogen-bond acceptors (Lipinski definition) is 9. The van der Waals surface area contributed by atoms with Gasteiger partial charge >= 0.3 is 12.1 Å². The van der Waals surface area contributed by atoms with E-state index in [1.807, 2.05) is 32.2 Å². The molecular weight excluding hydrogens is 534 g/mol. The predicted octanol–water partition coefficient (Wildman–Crippen LogP) is 5.16. The standard InChI is InChI=1S/C31H35N7O4/c1-19-15-21(29(39)41-6)17-33-27(19)20-10-13-38(14-11-20)18-22-16-24-23(9-12-32-28(24)37(22)5)25-7-8-26(36-35-25)34-30(40)42-31(2,3)4/h7-10,12,15-17H,11,13-14,18H2,1-6H3,(H,34,36,40). The summed E-state index contributed by atoms with van der Waals surface area (Å²) in [6.07, 6.45) is 5.85. The second-order valence-corrected chi connectivity index (χ2v) is 11.3. The van der Waals surface area contributed by atoms with Crippen molar-refractivity contribution in [2.75, 3.05) is 25.5 Å². The van der Waals surface area contributed by atoms with Crippen LogP contribution >= 0.6 is 0 Å². The summed E-state index contributed by atoms with van der Waals surface area (Å²) in [4.78, 5) is 35.5. The van der Waals surface area contributed by atoms with Crippen molar-refractivity contribution in [1.29, 1.82) is 0 Å². The van der Waals surface area contributed by atoms with Crippen LogP contribution < -0.4 is 5.32 Å². The van der Waals surface area contributed by atoms with Gasteiger partial charge in [-0.3, -0.25) is 15.2 Å². The first kappa shape index (κ1) is 28.9. The molecule has 4 aromatic rings. The van der Waals surface area contributed by atoms with Gasteiger partial charge in [-0.15, -0.1) is 10.2 Å². The number of carbonyl (C=O) groups is 2. The summed E-state index contributed by atoms with van der Waals surface area (Å²) in [5.74, 6) is -0.0674. The molecule has 0 unspecified atom stereocenters. The van der Waals surface area contributed by atoms with Crippen molar-refractivity contribution in [2.45, 2.75) is 46.3 Å². The third kappa shape index (κ3) is 6.31. The first-order chi connectivity index (χ1) is 20.0. The fourth-order valence-corrected chi connectivity index (χ4v) is 5.04. The number of hydrogen-bond donors (Lipinski definition) is 1. The molecule has 0 aromatic carbocycles. The Morgan fingerprint density at radius 1 is 1.10 bits per heavy atom. The molecule has 42 heavy (non-hydrogen) atoms. The van der Waals surface area contributed by atoms with Crippen molar-refractivity contribution in [3.63, 3.8) is 0 Å². The number of ether oxygens (including phenoxy) is 2. The van der Waals surface area contributed by atoms with E-state index in [0.717, 1.165) is 59.6 Å². The summed E-state index contributed by atoms with van der Waals surface area (Å²) in [5.41, 5.74) is 6.51. The first-order valence-electron chi connectivity index (χ1n) is 13.8. The second-order valence-electron chi connectivity index (χ2n) is 11.3. The molecule has 0 radical (unpaired) electrons. The lowest BCUT2D eigenvalue weighted by atomic mass is 9.99. The summed E-state index contributed by atoms with van der Waals surface area (Å²) in [6, 6.07) is 9.44. The van der Waals surface area contributed by atoms with Gasteiger partial charge in [-0.05, 0) is 75.6 Å². The maximum absolute atomic E-state index is 12.1. The van der Waals surface area contributed by atoms with Gasteiger partial charge in [0, 0.05) is 55.7 Å². The van der Waals surface area contributed by atoms with Crippen molar-refractivity contribution in [3.05, 3.63) is 71.3 Å². The molecule has 0 bridgehead atoms. The van der Waals surface area contributed by atoms with Gasteiger partial charge in [0.1, 0.15) is 11.2 Å². The zero-order chi connectivity index (χ0) is 30.0. The van der Waals surface area contributed by atoms with Gasteiger partial charge in [0.15, 0.2) is 5.82 Å². The van der Waals surface area contributed by atoms with Gasteiger partial charge in [0.05, 0.1) is 24.1 Å². The Hall–Kier alpha value is -4.64. The lowest BCUT2D eigenvalue weighted by molar-refractivity contribution is 0.0597.